The Morgan fingerprint density at radius 1 is 1.12 bits per heavy atom. The molecule has 1 aliphatic carbocycles. The number of nitrogens with two attached hydrogens (primary N) is 1. The Morgan fingerprint density at radius 3 is 2.24 bits per heavy atom. The number of nitriles is 1. The van der Waals surface area contributed by atoms with Crippen molar-refractivity contribution in [2.75, 3.05) is 0 Å². The summed E-state index contributed by atoms with van der Waals surface area (Å²) in [6.07, 6.45) is 4.43. The Labute approximate surface area is 108 Å². The maximum Gasteiger partial charge on any atom is 0.119 e. The van der Waals surface area contributed by atoms with Gasteiger partial charge in [0.15, 0.2) is 0 Å². The molecule has 0 amide bonds. The number of nitrogens with zero attached hydrogens (tertiary/aromatic N) is 1. The van der Waals surface area contributed by atoms with Crippen LogP contribution in [0.2, 0.25) is 0 Å². The minimum atomic E-state index is 0. The monoisotopic (exact) mass is 252 g/mol. The third-order valence-electron chi connectivity index (χ3n) is 3.01. The van der Waals surface area contributed by atoms with Crippen LogP contribution >= 0.6 is 12.4 Å². The number of rotatable bonds is 2. The molecule has 0 atom stereocenters. The molecule has 1 aliphatic rings. The number of halogens is 1. The molecule has 17 heavy (non-hydrogen) atoms. The summed E-state index contributed by atoms with van der Waals surface area (Å²) in [7, 11) is 0. The van der Waals surface area contributed by atoms with Gasteiger partial charge in [0.1, 0.15) is 5.75 Å². The van der Waals surface area contributed by atoms with E-state index in [0.29, 0.717) is 11.6 Å². The van der Waals surface area contributed by atoms with Crippen molar-refractivity contribution in [1.29, 1.82) is 5.26 Å². The van der Waals surface area contributed by atoms with Gasteiger partial charge in [0.25, 0.3) is 0 Å². The second-order valence-corrected chi connectivity index (χ2v) is 4.29. The third kappa shape index (κ3) is 3.92. The SMILES string of the molecule is Cl.N#Cc1ccc(OC2CCC(N)CC2)cc1. The lowest BCUT2D eigenvalue weighted by molar-refractivity contribution is 0.147. The van der Waals surface area contributed by atoms with Gasteiger partial charge in [-0.2, -0.15) is 5.26 Å². The molecule has 2 N–H and O–H groups in total. The summed E-state index contributed by atoms with van der Waals surface area (Å²) >= 11 is 0. The first kappa shape index (κ1) is 13.8. The van der Waals surface area contributed by atoms with Crippen molar-refractivity contribution < 1.29 is 4.74 Å². The predicted octanol–water partition coefficient (Wildman–Crippen LogP) is 2.63. The van der Waals surface area contributed by atoms with Crippen LogP contribution in [-0.2, 0) is 0 Å². The summed E-state index contributed by atoms with van der Waals surface area (Å²) in [5, 5.41) is 8.67. The van der Waals surface area contributed by atoms with Crippen molar-refractivity contribution in [2.24, 2.45) is 5.73 Å². The van der Waals surface area contributed by atoms with Gasteiger partial charge in [-0.25, -0.2) is 0 Å². The molecule has 0 aliphatic heterocycles. The van der Waals surface area contributed by atoms with Crippen molar-refractivity contribution in [3.05, 3.63) is 29.8 Å². The van der Waals surface area contributed by atoms with E-state index in [4.69, 9.17) is 15.7 Å². The molecule has 0 aromatic heterocycles. The van der Waals surface area contributed by atoms with E-state index in [1.54, 1.807) is 12.1 Å². The van der Waals surface area contributed by atoms with Gasteiger partial charge in [-0.3, -0.25) is 0 Å². The zero-order valence-electron chi connectivity index (χ0n) is 9.63. The molecular formula is C13H17ClN2O. The molecule has 92 valence electrons. The van der Waals surface area contributed by atoms with E-state index in [9.17, 15) is 0 Å². The predicted molar refractivity (Wildman–Crippen MR) is 69.3 cm³/mol. The Balaban J connectivity index is 0.00000144. The summed E-state index contributed by atoms with van der Waals surface area (Å²) in [6.45, 7) is 0. The van der Waals surface area contributed by atoms with Crippen LogP contribution < -0.4 is 10.5 Å². The third-order valence-corrected chi connectivity index (χ3v) is 3.01. The van der Waals surface area contributed by atoms with E-state index in [-0.39, 0.29) is 18.5 Å². The first-order chi connectivity index (χ1) is 7.78. The molecule has 1 aromatic carbocycles. The lowest BCUT2D eigenvalue weighted by atomic mass is 9.94. The number of hydrogen-bond acceptors (Lipinski definition) is 3. The van der Waals surface area contributed by atoms with Crippen molar-refractivity contribution >= 4 is 12.4 Å². The van der Waals surface area contributed by atoms with Crippen molar-refractivity contribution in [2.45, 2.75) is 37.8 Å². The van der Waals surface area contributed by atoms with Crippen molar-refractivity contribution in [1.82, 2.24) is 0 Å². The van der Waals surface area contributed by atoms with E-state index in [2.05, 4.69) is 6.07 Å². The molecule has 0 saturated heterocycles. The van der Waals surface area contributed by atoms with Crippen LogP contribution in [0.25, 0.3) is 0 Å². The van der Waals surface area contributed by atoms with Crippen molar-refractivity contribution in [3.8, 4) is 11.8 Å². The highest BCUT2D eigenvalue weighted by molar-refractivity contribution is 5.85. The van der Waals surface area contributed by atoms with Gasteiger partial charge in [-0.15, -0.1) is 12.4 Å². The van der Waals surface area contributed by atoms with Crippen LogP contribution in [0.4, 0.5) is 0 Å². The molecule has 0 heterocycles. The first-order valence-electron chi connectivity index (χ1n) is 5.70. The van der Waals surface area contributed by atoms with Crippen LogP contribution in [0.15, 0.2) is 24.3 Å². The molecule has 2 rings (SSSR count). The highest BCUT2D eigenvalue weighted by Crippen LogP contribution is 2.23. The lowest BCUT2D eigenvalue weighted by Gasteiger charge is -2.26. The van der Waals surface area contributed by atoms with Gasteiger partial charge in [0.2, 0.25) is 0 Å². The number of hydrogen-bond donors (Lipinski definition) is 1. The van der Waals surface area contributed by atoms with Gasteiger partial charge in [0, 0.05) is 6.04 Å². The highest BCUT2D eigenvalue weighted by Gasteiger charge is 2.19. The zero-order valence-corrected chi connectivity index (χ0v) is 10.5. The summed E-state index contributed by atoms with van der Waals surface area (Å²) in [5.41, 5.74) is 6.50. The molecule has 1 fully saturated rings. The molecule has 1 aromatic rings. The quantitative estimate of drug-likeness (QED) is 0.880. The zero-order chi connectivity index (χ0) is 11.4. The van der Waals surface area contributed by atoms with Crippen LogP contribution in [0.1, 0.15) is 31.2 Å². The van der Waals surface area contributed by atoms with Gasteiger partial charge < -0.3 is 10.5 Å². The summed E-state index contributed by atoms with van der Waals surface area (Å²) < 4.78 is 5.84. The maximum atomic E-state index is 8.67. The fourth-order valence-electron chi connectivity index (χ4n) is 2.01. The topological polar surface area (TPSA) is 59.0 Å². The normalized spacial score (nSPS) is 23.3. The van der Waals surface area contributed by atoms with E-state index in [1.807, 2.05) is 12.1 Å². The summed E-state index contributed by atoms with van der Waals surface area (Å²) in [4.78, 5) is 0. The van der Waals surface area contributed by atoms with Crippen LogP contribution in [0.5, 0.6) is 5.75 Å². The van der Waals surface area contributed by atoms with Crippen molar-refractivity contribution in [3.63, 3.8) is 0 Å². The summed E-state index contributed by atoms with van der Waals surface area (Å²) in [6, 6.07) is 9.71. The molecule has 0 spiro atoms. The van der Waals surface area contributed by atoms with E-state index in [0.717, 1.165) is 31.4 Å². The number of ether oxygens (including phenoxy) is 1. The van der Waals surface area contributed by atoms with Gasteiger partial charge in [-0.05, 0) is 49.9 Å². The van der Waals surface area contributed by atoms with Gasteiger partial charge >= 0.3 is 0 Å². The maximum absolute atomic E-state index is 8.67. The summed E-state index contributed by atoms with van der Waals surface area (Å²) in [5.74, 6) is 0.847. The average Bonchev–Trinajstić information content (AvgIpc) is 2.33. The van der Waals surface area contributed by atoms with E-state index in [1.165, 1.54) is 0 Å². The fraction of sp³-hybridized carbons (Fsp3) is 0.462. The lowest BCUT2D eigenvalue weighted by Crippen LogP contribution is -2.31. The van der Waals surface area contributed by atoms with Crippen LogP contribution in [-0.4, -0.2) is 12.1 Å². The number of benzene rings is 1. The van der Waals surface area contributed by atoms with E-state index >= 15 is 0 Å². The highest BCUT2D eigenvalue weighted by atomic mass is 35.5. The Morgan fingerprint density at radius 2 is 1.71 bits per heavy atom. The first-order valence-corrected chi connectivity index (χ1v) is 5.70. The van der Waals surface area contributed by atoms with Gasteiger partial charge in [-0.1, -0.05) is 0 Å². The Kier molecular flexibility index (Phi) is 5.27. The molecular weight excluding hydrogens is 236 g/mol. The largest absolute Gasteiger partial charge is 0.490 e. The second kappa shape index (κ2) is 6.48. The molecule has 0 bridgehead atoms. The second-order valence-electron chi connectivity index (χ2n) is 4.29. The van der Waals surface area contributed by atoms with Crippen LogP contribution in [0, 0.1) is 11.3 Å². The average molecular weight is 253 g/mol. The smallest absolute Gasteiger partial charge is 0.119 e. The standard InChI is InChI=1S/C13H16N2O.ClH/c14-9-10-1-5-12(6-2-10)16-13-7-3-11(15)4-8-13;/h1-2,5-6,11,13H,3-4,7-8,15H2;1H. The minimum Gasteiger partial charge on any atom is -0.490 e. The minimum absolute atomic E-state index is 0. The molecule has 1 saturated carbocycles. The fourth-order valence-corrected chi connectivity index (χ4v) is 2.01. The Hall–Kier alpha value is -1.24. The molecule has 3 nitrogen and oxygen atoms in total. The van der Waals surface area contributed by atoms with Gasteiger partial charge in [0.05, 0.1) is 17.7 Å². The van der Waals surface area contributed by atoms with E-state index < -0.39 is 0 Å². The molecule has 0 unspecified atom stereocenters. The molecule has 4 heteroatoms. The Bertz CT molecular complexity index is 377. The van der Waals surface area contributed by atoms with Crippen LogP contribution in [0.3, 0.4) is 0 Å². The molecule has 0 radical (unpaired) electrons.